The third-order valence-electron chi connectivity index (χ3n) is 3.38. The van der Waals surface area contributed by atoms with Gasteiger partial charge in [-0.25, -0.2) is 9.97 Å². The number of H-pyrrole nitrogens is 1. The molecule has 5 heteroatoms. The highest BCUT2D eigenvalue weighted by Crippen LogP contribution is 2.33. The molecule has 0 fully saturated rings. The predicted molar refractivity (Wildman–Crippen MR) is 66.1 cm³/mol. The standard InChI is InChI=1S/C13H13N3O2/c17-13(18)9-5-2-1-4-8(9)11-15-10-6-3-7-14-12(10)16-11/h1-3,6-9H,4-5H2,(H,17,18)(H,14,15,16). The first-order chi connectivity index (χ1) is 8.75. The number of pyridine rings is 1. The van der Waals surface area contributed by atoms with Gasteiger partial charge in [0.2, 0.25) is 0 Å². The first kappa shape index (κ1) is 11.0. The van der Waals surface area contributed by atoms with Crippen LogP contribution in [0.1, 0.15) is 24.6 Å². The monoisotopic (exact) mass is 243 g/mol. The Hall–Kier alpha value is -2.17. The zero-order valence-corrected chi connectivity index (χ0v) is 9.71. The molecule has 0 bridgehead atoms. The van der Waals surface area contributed by atoms with Gasteiger partial charge in [0.1, 0.15) is 5.82 Å². The van der Waals surface area contributed by atoms with Crippen molar-refractivity contribution in [2.45, 2.75) is 18.8 Å². The minimum absolute atomic E-state index is 0.0956. The van der Waals surface area contributed by atoms with E-state index in [0.29, 0.717) is 18.5 Å². The number of imidazole rings is 1. The van der Waals surface area contributed by atoms with Crippen molar-refractivity contribution in [3.8, 4) is 0 Å². The summed E-state index contributed by atoms with van der Waals surface area (Å²) in [7, 11) is 0. The van der Waals surface area contributed by atoms with Gasteiger partial charge in [0.05, 0.1) is 11.4 Å². The number of aliphatic carboxylic acids is 1. The van der Waals surface area contributed by atoms with Crippen LogP contribution in [-0.2, 0) is 4.79 Å². The molecule has 2 heterocycles. The van der Waals surface area contributed by atoms with Crippen molar-refractivity contribution in [3.05, 3.63) is 36.3 Å². The number of hydrogen-bond donors (Lipinski definition) is 2. The maximum atomic E-state index is 11.3. The van der Waals surface area contributed by atoms with Gasteiger partial charge in [0.25, 0.3) is 0 Å². The van der Waals surface area contributed by atoms with Gasteiger partial charge in [0.15, 0.2) is 5.65 Å². The van der Waals surface area contributed by atoms with E-state index in [-0.39, 0.29) is 5.92 Å². The summed E-state index contributed by atoms with van der Waals surface area (Å²) in [4.78, 5) is 23.0. The number of nitrogens with zero attached hydrogens (tertiary/aromatic N) is 2. The molecular weight excluding hydrogens is 230 g/mol. The van der Waals surface area contributed by atoms with E-state index in [4.69, 9.17) is 0 Å². The topological polar surface area (TPSA) is 78.9 Å². The van der Waals surface area contributed by atoms with E-state index >= 15 is 0 Å². The lowest BCUT2D eigenvalue weighted by Gasteiger charge is -2.23. The van der Waals surface area contributed by atoms with Gasteiger partial charge in [-0.3, -0.25) is 4.79 Å². The number of aromatic amines is 1. The van der Waals surface area contributed by atoms with Crippen molar-refractivity contribution in [2.24, 2.45) is 5.92 Å². The second-order valence-corrected chi connectivity index (χ2v) is 4.49. The molecule has 0 saturated heterocycles. The lowest BCUT2D eigenvalue weighted by Crippen LogP contribution is -2.24. The van der Waals surface area contributed by atoms with Crippen molar-refractivity contribution in [1.82, 2.24) is 15.0 Å². The fourth-order valence-electron chi connectivity index (χ4n) is 2.43. The zero-order valence-electron chi connectivity index (χ0n) is 9.71. The summed E-state index contributed by atoms with van der Waals surface area (Å²) in [6.07, 6.45) is 6.89. The van der Waals surface area contributed by atoms with E-state index < -0.39 is 11.9 Å². The van der Waals surface area contributed by atoms with Crippen LogP contribution in [0.3, 0.4) is 0 Å². The molecule has 1 aliphatic carbocycles. The highest BCUT2D eigenvalue weighted by Gasteiger charge is 2.32. The maximum Gasteiger partial charge on any atom is 0.307 e. The lowest BCUT2D eigenvalue weighted by atomic mass is 9.82. The Bertz CT molecular complexity index is 584. The molecule has 2 unspecified atom stereocenters. The Morgan fingerprint density at radius 3 is 3.00 bits per heavy atom. The second kappa shape index (κ2) is 4.25. The normalized spacial score (nSPS) is 23.3. The molecule has 1 aliphatic rings. The third kappa shape index (κ3) is 1.77. The summed E-state index contributed by atoms with van der Waals surface area (Å²) in [5.74, 6) is -0.546. The number of fused-ring (bicyclic) bond motifs is 1. The van der Waals surface area contributed by atoms with Gasteiger partial charge >= 0.3 is 5.97 Å². The SMILES string of the molecule is O=C(O)C1CC=CCC1c1nc2ncccc2[nH]1. The van der Waals surface area contributed by atoms with Crippen molar-refractivity contribution in [3.63, 3.8) is 0 Å². The van der Waals surface area contributed by atoms with E-state index in [1.165, 1.54) is 0 Å². The second-order valence-electron chi connectivity index (χ2n) is 4.49. The van der Waals surface area contributed by atoms with Gasteiger partial charge in [-0.15, -0.1) is 0 Å². The molecule has 0 amide bonds. The van der Waals surface area contributed by atoms with Crippen molar-refractivity contribution >= 4 is 17.1 Å². The summed E-state index contributed by atoms with van der Waals surface area (Å²) in [6.45, 7) is 0. The van der Waals surface area contributed by atoms with Gasteiger partial charge in [-0.2, -0.15) is 0 Å². The average molecular weight is 243 g/mol. The maximum absolute atomic E-state index is 11.3. The molecule has 2 aromatic heterocycles. The highest BCUT2D eigenvalue weighted by molar-refractivity contribution is 5.73. The van der Waals surface area contributed by atoms with Gasteiger partial charge in [-0.05, 0) is 25.0 Å². The number of rotatable bonds is 2. The smallest absolute Gasteiger partial charge is 0.307 e. The van der Waals surface area contributed by atoms with Crippen LogP contribution in [0.15, 0.2) is 30.5 Å². The van der Waals surface area contributed by atoms with Crippen LogP contribution in [0, 0.1) is 5.92 Å². The molecule has 0 aromatic carbocycles. The Labute approximate surface area is 104 Å². The first-order valence-corrected chi connectivity index (χ1v) is 5.94. The van der Waals surface area contributed by atoms with Crippen molar-refractivity contribution in [1.29, 1.82) is 0 Å². The van der Waals surface area contributed by atoms with Crippen LogP contribution in [0.5, 0.6) is 0 Å². The molecule has 0 radical (unpaired) electrons. The van der Waals surface area contributed by atoms with Gasteiger partial charge < -0.3 is 10.1 Å². The van der Waals surface area contributed by atoms with Crippen LogP contribution in [0.4, 0.5) is 0 Å². The molecule has 2 atom stereocenters. The summed E-state index contributed by atoms with van der Waals surface area (Å²) in [5, 5.41) is 9.25. The molecule has 5 nitrogen and oxygen atoms in total. The molecule has 2 aromatic rings. The molecule has 0 saturated carbocycles. The van der Waals surface area contributed by atoms with E-state index in [9.17, 15) is 9.90 Å². The molecule has 3 rings (SSSR count). The van der Waals surface area contributed by atoms with Crippen LogP contribution in [-0.4, -0.2) is 26.0 Å². The summed E-state index contributed by atoms with van der Waals surface area (Å²) in [6, 6.07) is 3.73. The third-order valence-corrected chi connectivity index (χ3v) is 3.38. The number of aromatic nitrogens is 3. The number of carboxylic acids is 1. The van der Waals surface area contributed by atoms with E-state index in [2.05, 4.69) is 15.0 Å². The average Bonchev–Trinajstić information content (AvgIpc) is 2.82. The van der Waals surface area contributed by atoms with Crippen LogP contribution < -0.4 is 0 Å². The number of carbonyl (C=O) groups is 1. The van der Waals surface area contributed by atoms with Crippen molar-refractivity contribution in [2.75, 3.05) is 0 Å². The Kier molecular flexibility index (Phi) is 2.59. The fraction of sp³-hybridized carbons (Fsp3) is 0.308. The minimum atomic E-state index is -0.766. The lowest BCUT2D eigenvalue weighted by molar-refractivity contribution is -0.142. The Morgan fingerprint density at radius 1 is 1.39 bits per heavy atom. The summed E-state index contributed by atoms with van der Waals surface area (Å²) in [5.41, 5.74) is 1.50. The molecule has 2 N–H and O–H groups in total. The number of carboxylic acid groups (broad SMARTS) is 1. The van der Waals surface area contributed by atoms with Gasteiger partial charge in [-0.1, -0.05) is 12.2 Å². The quantitative estimate of drug-likeness (QED) is 0.791. The number of nitrogens with one attached hydrogen (secondary N) is 1. The molecule has 0 aliphatic heterocycles. The van der Waals surface area contributed by atoms with Crippen LogP contribution in [0.25, 0.3) is 11.2 Å². The largest absolute Gasteiger partial charge is 0.481 e. The highest BCUT2D eigenvalue weighted by atomic mass is 16.4. The molecule has 0 spiro atoms. The fourth-order valence-corrected chi connectivity index (χ4v) is 2.43. The summed E-state index contributed by atoms with van der Waals surface area (Å²) >= 11 is 0. The van der Waals surface area contributed by atoms with Gasteiger partial charge in [0, 0.05) is 12.1 Å². The molecule has 18 heavy (non-hydrogen) atoms. The van der Waals surface area contributed by atoms with E-state index in [1.807, 2.05) is 24.3 Å². The molecule has 92 valence electrons. The Balaban J connectivity index is 2.02. The van der Waals surface area contributed by atoms with Crippen molar-refractivity contribution < 1.29 is 9.90 Å². The predicted octanol–water partition coefficient (Wildman–Crippen LogP) is 2.09. The van der Waals surface area contributed by atoms with E-state index in [1.54, 1.807) is 6.20 Å². The number of hydrogen-bond acceptors (Lipinski definition) is 3. The number of allylic oxidation sites excluding steroid dienone is 2. The zero-order chi connectivity index (χ0) is 12.5. The van der Waals surface area contributed by atoms with Crippen LogP contribution >= 0.6 is 0 Å². The summed E-state index contributed by atoms with van der Waals surface area (Å²) < 4.78 is 0. The van der Waals surface area contributed by atoms with Crippen LogP contribution in [0.2, 0.25) is 0 Å². The molecular formula is C13H13N3O2. The minimum Gasteiger partial charge on any atom is -0.481 e. The van der Waals surface area contributed by atoms with E-state index in [0.717, 1.165) is 11.3 Å². The Morgan fingerprint density at radius 2 is 2.22 bits per heavy atom. The first-order valence-electron chi connectivity index (χ1n) is 5.94.